The van der Waals surface area contributed by atoms with Gasteiger partial charge in [-0.3, -0.25) is 10.1 Å². The number of nitro benzene ring substituents is 1. The molecule has 0 saturated heterocycles. The average Bonchev–Trinajstić information content (AvgIpc) is 2.36. The molecule has 1 aromatic carbocycles. The summed E-state index contributed by atoms with van der Waals surface area (Å²) in [5, 5.41) is 10.9. The zero-order valence-corrected chi connectivity index (χ0v) is 13.7. The highest BCUT2D eigenvalue weighted by molar-refractivity contribution is 7.98. The standard InChI is InChI=1S/C14H20N2O4S/c1-14(2,3)20-13(17)15(4)9-10-8-11(16(18)19)6-7-12(10)21-5/h6-8H,9H2,1-5H3. The molecule has 116 valence electrons. The lowest BCUT2D eigenvalue weighted by Crippen LogP contribution is -2.33. The number of nitro groups is 1. The molecule has 0 fully saturated rings. The number of ether oxygens (including phenoxy) is 1. The van der Waals surface area contributed by atoms with E-state index < -0.39 is 16.6 Å². The van der Waals surface area contributed by atoms with Crippen LogP contribution in [0, 0.1) is 10.1 Å². The van der Waals surface area contributed by atoms with E-state index in [0.29, 0.717) is 0 Å². The molecular weight excluding hydrogens is 292 g/mol. The number of carbonyl (C=O) groups excluding carboxylic acids is 1. The zero-order valence-electron chi connectivity index (χ0n) is 12.9. The van der Waals surface area contributed by atoms with Gasteiger partial charge in [-0.15, -0.1) is 11.8 Å². The van der Waals surface area contributed by atoms with Crippen LogP contribution in [0.2, 0.25) is 0 Å². The van der Waals surface area contributed by atoms with Crippen molar-refractivity contribution in [1.29, 1.82) is 0 Å². The molecule has 0 aliphatic rings. The summed E-state index contributed by atoms with van der Waals surface area (Å²) in [6.07, 6.45) is 1.43. The van der Waals surface area contributed by atoms with Gasteiger partial charge in [0, 0.05) is 24.1 Å². The lowest BCUT2D eigenvalue weighted by atomic mass is 10.2. The maximum atomic E-state index is 11.9. The fourth-order valence-corrected chi connectivity index (χ4v) is 2.25. The largest absolute Gasteiger partial charge is 0.444 e. The smallest absolute Gasteiger partial charge is 0.410 e. The van der Waals surface area contributed by atoms with Gasteiger partial charge in [-0.25, -0.2) is 4.79 Å². The summed E-state index contributed by atoms with van der Waals surface area (Å²) in [6.45, 7) is 5.63. The number of hydrogen-bond acceptors (Lipinski definition) is 5. The molecule has 7 heteroatoms. The first-order valence-electron chi connectivity index (χ1n) is 6.39. The van der Waals surface area contributed by atoms with Crippen LogP contribution in [-0.2, 0) is 11.3 Å². The average molecular weight is 312 g/mol. The summed E-state index contributed by atoms with van der Waals surface area (Å²) >= 11 is 1.48. The van der Waals surface area contributed by atoms with Gasteiger partial charge in [0.25, 0.3) is 5.69 Å². The first-order chi connectivity index (χ1) is 9.64. The van der Waals surface area contributed by atoms with Crippen molar-refractivity contribution in [1.82, 2.24) is 4.90 Å². The minimum atomic E-state index is -0.573. The van der Waals surface area contributed by atoms with Crippen LogP contribution in [0.3, 0.4) is 0 Å². The van der Waals surface area contributed by atoms with Gasteiger partial charge in [0.1, 0.15) is 5.60 Å². The second-order valence-electron chi connectivity index (χ2n) is 5.59. The van der Waals surface area contributed by atoms with Crippen LogP contribution < -0.4 is 0 Å². The number of benzene rings is 1. The molecule has 0 N–H and O–H groups in total. The van der Waals surface area contributed by atoms with Gasteiger partial charge >= 0.3 is 6.09 Å². The molecule has 0 heterocycles. The summed E-state index contributed by atoms with van der Waals surface area (Å²) < 4.78 is 5.27. The maximum absolute atomic E-state index is 11.9. The van der Waals surface area contributed by atoms with Crippen LogP contribution in [0.1, 0.15) is 26.3 Å². The first kappa shape index (κ1) is 17.3. The van der Waals surface area contributed by atoms with Gasteiger partial charge < -0.3 is 9.64 Å². The molecule has 0 unspecified atom stereocenters. The summed E-state index contributed by atoms with van der Waals surface area (Å²) in [4.78, 5) is 24.7. The molecule has 6 nitrogen and oxygen atoms in total. The van der Waals surface area contributed by atoms with E-state index in [-0.39, 0.29) is 12.2 Å². The zero-order chi connectivity index (χ0) is 16.2. The van der Waals surface area contributed by atoms with Crippen molar-refractivity contribution in [2.45, 2.75) is 37.8 Å². The normalized spacial score (nSPS) is 11.1. The highest BCUT2D eigenvalue weighted by atomic mass is 32.2. The van der Waals surface area contributed by atoms with Gasteiger partial charge in [-0.2, -0.15) is 0 Å². The number of thioether (sulfide) groups is 1. The highest BCUT2D eigenvalue weighted by Crippen LogP contribution is 2.26. The minimum Gasteiger partial charge on any atom is -0.444 e. The van der Waals surface area contributed by atoms with Crippen molar-refractivity contribution >= 4 is 23.5 Å². The molecule has 0 aromatic heterocycles. The van der Waals surface area contributed by atoms with Crippen LogP contribution >= 0.6 is 11.8 Å². The maximum Gasteiger partial charge on any atom is 0.410 e. The monoisotopic (exact) mass is 312 g/mol. The van der Waals surface area contributed by atoms with E-state index in [4.69, 9.17) is 4.74 Å². The van der Waals surface area contributed by atoms with E-state index in [0.717, 1.165) is 10.5 Å². The first-order valence-corrected chi connectivity index (χ1v) is 7.62. The molecule has 1 rings (SSSR count). The van der Waals surface area contributed by atoms with Crippen molar-refractivity contribution in [3.05, 3.63) is 33.9 Å². The van der Waals surface area contributed by atoms with E-state index in [1.165, 1.54) is 28.8 Å². The van der Waals surface area contributed by atoms with Gasteiger partial charge in [0.2, 0.25) is 0 Å². The van der Waals surface area contributed by atoms with E-state index in [2.05, 4.69) is 0 Å². The number of non-ortho nitro benzene ring substituents is 1. The third-order valence-corrected chi connectivity index (χ3v) is 3.43. The summed E-state index contributed by atoms with van der Waals surface area (Å²) in [5.41, 5.74) is 0.168. The Morgan fingerprint density at radius 1 is 1.43 bits per heavy atom. The van der Waals surface area contributed by atoms with Crippen LogP contribution in [0.4, 0.5) is 10.5 Å². The molecule has 0 spiro atoms. The lowest BCUT2D eigenvalue weighted by molar-refractivity contribution is -0.385. The second-order valence-corrected chi connectivity index (χ2v) is 6.44. The van der Waals surface area contributed by atoms with Gasteiger partial charge in [0.05, 0.1) is 11.5 Å². The third-order valence-electron chi connectivity index (χ3n) is 2.59. The number of rotatable bonds is 4. The second kappa shape index (κ2) is 6.80. The highest BCUT2D eigenvalue weighted by Gasteiger charge is 2.21. The molecule has 0 aliphatic carbocycles. The van der Waals surface area contributed by atoms with Crippen molar-refractivity contribution in [3.8, 4) is 0 Å². The molecule has 0 saturated carbocycles. The Kier molecular flexibility index (Phi) is 5.60. The van der Waals surface area contributed by atoms with Crippen molar-refractivity contribution in [3.63, 3.8) is 0 Å². The molecule has 21 heavy (non-hydrogen) atoms. The van der Waals surface area contributed by atoms with Crippen LogP contribution in [0.15, 0.2) is 23.1 Å². The van der Waals surface area contributed by atoms with E-state index in [1.54, 1.807) is 33.9 Å². The number of carbonyl (C=O) groups is 1. The number of hydrogen-bond donors (Lipinski definition) is 0. The predicted molar refractivity (Wildman–Crippen MR) is 82.6 cm³/mol. The minimum absolute atomic E-state index is 0.0142. The summed E-state index contributed by atoms with van der Waals surface area (Å²) in [5.74, 6) is 0. The van der Waals surface area contributed by atoms with Crippen LogP contribution in [-0.4, -0.2) is 34.8 Å². The SMILES string of the molecule is CSc1ccc([N+](=O)[O-])cc1CN(C)C(=O)OC(C)(C)C. The molecule has 0 aliphatic heterocycles. The number of amides is 1. The number of nitrogens with zero attached hydrogens (tertiary/aromatic N) is 2. The summed E-state index contributed by atoms with van der Waals surface area (Å²) in [6, 6.07) is 4.65. The van der Waals surface area contributed by atoms with Gasteiger partial charge in [0.15, 0.2) is 0 Å². The fourth-order valence-electron chi connectivity index (χ4n) is 1.66. The Morgan fingerprint density at radius 3 is 2.52 bits per heavy atom. The Balaban J connectivity index is 2.92. The fraction of sp³-hybridized carbons (Fsp3) is 0.500. The van der Waals surface area contributed by atoms with E-state index in [1.807, 2.05) is 6.26 Å². The molecule has 1 aromatic rings. The molecular formula is C14H20N2O4S. The Bertz CT molecular complexity index is 540. The predicted octanol–water partition coefficient (Wildman–Crippen LogP) is 3.68. The topological polar surface area (TPSA) is 72.7 Å². The Labute approximate surface area is 128 Å². The van der Waals surface area contributed by atoms with Crippen LogP contribution in [0.5, 0.6) is 0 Å². The van der Waals surface area contributed by atoms with Gasteiger partial charge in [-0.1, -0.05) is 0 Å². The van der Waals surface area contributed by atoms with E-state index >= 15 is 0 Å². The van der Waals surface area contributed by atoms with Crippen molar-refractivity contribution in [2.75, 3.05) is 13.3 Å². The molecule has 0 atom stereocenters. The Morgan fingerprint density at radius 2 is 2.05 bits per heavy atom. The van der Waals surface area contributed by atoms with Crippen LogP contribution in [0.25, 0.3) is 0 Å². The molecule has 0 bridgehead atoms. The van der Waals surface area contributed by atoms with Crippen molar-refractivity contribution in [2.24, 2.45) is 0 Å². The molecule has 0 radical (unpaired) electrons. The van der Waals surface area contributed by atoms with E-state index in [9.17, 15) is 14.9 Å². The van der Waals surface area contributed by atoms with Crippen molar-refractivity contribution < 1.29 is 14.5 Å². The molecule has 1 amide bonds. The van der Waals surface area contributed by atoms with Gasteiger partial charge in [-0.05, 0) is 38.7 Å². The lowest BCUT2D eigenvalue weighted by Gasteiger charge is -2.25. The summed E-state index contributed by atoms with van der Waals surface area (Å²) in [7, 11) is 1.61. The quantitative estimate of drug-likeness (QED) is 0.481. The Hall–Kier alpha value is -1.76. The third kappa shape index (κ3) is 5.26.